The minimum Gasteiger partial charge on any atom is -0.456 e. The number of ether oxygens (including phenoxy) is 1. The number of likely N-dealkylation sites (N-methyl/N-ethyl adjacent to an activating group) is 1. The van der Waals surface area contributed by atoms with Crippen LogP contribution in [0, 0.1) is 5.41 Å². The molecule has 5 heterocycles. The highest BCUT2D eigenvalue weighted by Gasteiger charge is 2.48. The summed E-state index contributed by atoms with van der Waals surface area (Å²) in [6, 6.07) is 3.91. The highest BCUT2D eigenvalue weighted by Crippen LogP contribution is 2.41. The first kappa shape index (κ1) is 25.4. The van der Waals surface area contributed by atoms with Gasteiger partial charge in [0.05, 0.1) is 22.8 Å². The third-order valence-corrected chi connectivity index (χ3v) is 8.00. The number of β-amino-alcohol motifs (C(OH)–C–C–N with tert-alkyl or cyclic N) is 1. The molecule has 0 aliphatic carbocycles. The molecule has 12 heteroatoms. The molecule has 37 heavy (non-hydrogen) atoms. The number of aliphatic hydroxyl groups is 1. The van der Waals surface area contributed by atoms with Gasteiger partial charge >= 0.3 is 5.97 Å². The van der Waals surface area contributed by atoms with Crippen molar-refractivity contribution in [2.45, 2.75) is 51.8 Å². The second-order valence-electron chi connectivity index (χ2n) is 10.8. The molecule has 12 nitrogen and oxygen atoms in total. The Morgan fingerprint density at radius 2 is 2.08 bits per heavy atom. The van der Waals surface area contributed by atoms with Crippen LogP contribution in [-0.2, 0) is 14.3 Å². The van der Waals surface area contributed by atoms with Crippen molar-refractivity contribution in [3.05, 3.63) is 41.5 Å². The molecule has 3 aliphatic rings. The fourth-order valence-corrected chi connectivity index (χ4v) is 5.88. The van der Waals surface area contributed by atoms with Crippen molar-refractivity contribution in [2.24, 2.45) is 5.41 Å². The molecule has 2 aromatic rings. The second kappa shape index (κ2) is 9.92. The molecule has 0 radical (unpaired) electrons. The van der Waals surface area contributed by atoms with Crippen LogP contribution in [-0.4, -0.2) is 109 Å². The van der Waals surface area contributed by atoms with E-state index in [9.17, 15) is 14.7 Å². The van der Waals surface area contributed by atoms with Crippen LogP contribution >= 0.6 is 0 Å². The number of tetrazole rings is 1. The summed E-state index contributed by atoms with van der Waals surface area (Å²) in [5.41, 5.74) is 1.37. The van der Waals surface area contributed by atoms with Gasteiger partial charge in [-0.05, 0) is 50.2 Å². The maximum absolute atomic E-state index is 13.6. The number of carbonyl (C=O) groups excluding carboxylic acids is 2. The van der Waals surface area contributed by atoms with Crippen molar-refractivity contribution < 1.29 is 19.4 Å². The number of pyridine rings is 1. The van der Waals surface area contributed by atoms with E-state index in [0.717, 1.165) is 13.1 Å². The molecular formula is C25H34N8O4. The van der Waals surface area contributed by atoms with Crippen LogP contribution < -0.4 is 0 Å². The smallest absolute Gasteiger partial charge is 0.336 e. The van der Waals surface area contributed by atoms with Gasteiger partial charge in [0.25, 0.3) is 0 Å². The minimum absolute atomic E-state index is 0.0453. The number of cyclic esters (lactones) is 1. The van der Waals surface area contributed by atoms with E-state index in [1.807, 2.05) is 13.0 Å². The highest BCUT2D eigenvalue weighted by molar-refractivity contribution is 5.94. The van der Waals surface area contributed by atoms with Gasteiger partial charge in [0, 0.05) is 50.0 Å². The first-order valence-corrected chi connectivity index (χ1v) is 12.7. The van der Waals surface area contributed by atoms with E-state index in [4.69, 9.17) is 4.74 Å². The number of hydrogen-bond donors (Lipinski definition) is 1. The molecule has 1 amide bonds. The lowest BCUT2D eigenvalue weighted by Crippen LogP contribution is -2.58. The molecule has 0 spiro atoms. The van der Waals surface area contributed by atoms with Crippen LogP contribution in [0.15, 0.2) is 35.9 Å². The standard InChI is InChI=1S/C25H34N8O4/c1-16-11-30(4)12-19(9-25(3)7-8-31(24(25)36)20-14-37-23(35)17(20)2)32(16)13-21(34)18-5-6-22(26-10-18)33-15-27-28-29-33/h5-6,10,15-16,19,21,34H,7-9,11-14H2,1-4H3/t16?,19?,21-,25?/m0/s1. The first-order chi connectivity index (χ1) is 17.7. The number of amides is 1. The number of hydrogen-bond acceptors (Lipinski definition) is 10. The number of aliphatic hydroxyl groups excluding tert-OH is 1. The van der Waals surface area contributed by atoms with E-state index in [0.29, 0.717) is 48.6 Å². The number of piperazine rings is 1. The third kappa shape index (κ3) is 4.88. The molecule has 0 saturated carbocycles. The summed E-state index contributed by atoms with van der Waals surface area (Å²) >= 11 is 0. The summed E-state index contributed by atoms with van der Waals surface area (Å²) in [6.45, 7) is 8.77. The average molecular weight is 511 g/mol. The van der Waals surface area contributed by atoms with Gasteiger partial charge < -0.3 is 19.6 Å². The Kier molecular flexibility index (Phi) is 6.82. The van der Waals surface area contributed by atoms with Crippen LogP contribution in [0.25, 0.3) is 5.82 Å². The Morgan fingerprint density at radius 1 is 1.27 bits per heavy atom. The van der Waals surface area contributed by atoms with Gasteiger partial charge in [0.15, 0.2) is 5.82 Å². The summed E-state index contributed by atoms with van der Waals surface area (Å²) in [5.74, 6) is 0.271. The number of aromatic nitrogens is 5. The van der Waals surface area contributed by atoms with Gasteiger partial charge in [-0.1, -0.05) is 13.0 Å². The van der Waals surface area contributed by atoms with Crippen molar-refractivity contribution in [1.29, 1.82) is 0 Å². The van der Waals surface area contributed by atoms with Crippen LogP contribution in [0.4, 0.5) is 0 Å². The van der Waals surface area contributed by atoms with Gasteiger partial charge in [-0.3, -0.25) is 9.69 Å². The first-order valence-electron chi connectivity index (χ1n) is 12.7. The third-order valence-electron chi connectivity index (χ3n) is 8.00. The van der Waals surface area contributed by atoms with Gasteiger partial charge in [0.1, 0.15) is 12.9 Å². The fourth-order valence-electron chi connectivity index (χ4n) is 5.88. The summed E-state index contributed by atoms with van der Waals surface area (Å²) in [7, 11) is 2.10. The Hall–Kier alpha value is -3.22. The molecule has 0 bridgehead atoms. The lowest BCUT2D eigenvalue weighted by molar-refractivity contribution is -0.138. The molecule has 3 unspecified atom stereocenters. The van der Waals surface area contributed by atoms with Crippen LogP contribution in [0.1, 0.15) is 45.3 Å². The topological polar surface area (TPSA) is 130 Å². The number of esters is 1. The number of likely N-dealkylation sites (tertiary alicyclic amines) is 1. The van der Waals surface area contributed by atoms with E-state index in [1.165, 1.54) is 11.0 Å². The lowest BCUT2D eigenvalue weighted by Gasteiger charge is -2.47. The predicted octanol–water partition coefficient (Wildman–Crippen LogP) is 0.555. The average Bonchev–Trinajstić information content (AvgIpc) is 3.58. The van der Waals surface area contributed by atoms with Crippen LogP contribution in [0.2, 0.25) is 0 Å². The molecule has 2 aromatic heterocycles. The Morgan fingerprint density at radius 3 is 2.73 bits per heavy atom. The van der Waals surface area contributed by atoms with Gasteiger partial charge in [-0.2, -0.15) is 4.68 Å². The van der Waals surface area contributed by atoms with Crippen LogP contribution in [0.3, 0.4) is 0 Å². The zero-order chi connectivity index (χ0) is 26.3. The van der Waals surface area contributed by atoms with E-state index in [2.05, 4.69) is 44.3 Å². The Labute approximate surface area is 215 Å². The molecule has 3 aliphatic heterocycles. The van der Waals surface area contributed by atoms with Crippen molar-refractivity contribution in [3.63, 3.8) is 0 Å². The van der Waals surface area contributed by atoms with Gasteiger partial charge in [0.2, 0.25) is 5.91 Å². The minimum atomic E-state index is -0.734. The fraction of sp³-hybridized carbons (Fsp3) is 0.600. The molecule has 4 atom stereocenters. The maximum atomic E-state index is 13.6. The molecule has 2 fully saturated rings. The van der Waals surface area contributed by atoms with Crippen molar-refractivity contribution in [1.82, 2.24) is 39.9 Å². The van der Waals surface area contributed by atoms with E-state index < -0.39 is 11.5 Å². The molecule has 0 aromatic carbocycles. The molecular weight excluding hydrogens is 476 g/mol. The SMILES string of the molecule is CC1=C(N2CCC(C)(CC3CN(C)CC(C)N3C[C@H](O)c3ccc(-n4cnnn4)nc3)C2=O)COC1=O. The second-order valence-corrected chi connectivity index (χ2v) is 10.8. The van der Waals surface area contributed by atoms with E-state index >= 15 is 0 Å². The molecule has 198 valence electrons. The number of carbonyl (C=O) groups is 2. The summed E-state index contributed by atoms with van der Waals surface area (Å²) in [6.07, 6.45) is 3.77. The van der Waals surface area contributed by atoms with E-state index in [1.54, 1.807) is 24.1 Å². The quantitative estimate of drug-likeness (QED) is 0.527. The summed E-state index contributed by atoms with van der Waals surface area (Å²) < 4.78 is 6.61. The Balaban J connectivity index is 1.30. The maximum Gasteiger partial charge on any atom is 0.336 e. The Bertz CT molecular complexity index is 1180. The number of rotatable bonds is 7. The largest absolute Gasteiger partial charge is 0.456 e. The van der Waals surface area contributed by atoms with Crippen molar-refractivity contribution in [3.8, 4) is 5.82 Å². The zero-order valence-electron chi connectivity index (χ0n) is 21.7. The predicted molar refractivity (Wildman–Crippen MR) is 132 cm³/mol. The zero-order valence-corrected chi connectivity index (χ0v) is 21.7. The number of nitrogens with zero attached hydrogens (tertiary/aromatic N) is 8. The van der Waals surface area contributed by atoms with E-state index in [-0.39, 0.29) is 30.6 Å². The van der Waals surface area contributed by atoms with Gasteiger partial charge in [-0.15, -0.1) is 5.10 Å². The van der Waals surface area contributed by atoms with Crippen molar-refractivity contribution in [2.75, 3.05) is 39.8 Å². The highest BCUT2D eigenvalue weighted by atomic mass is 16.5. The lowest BCUT2D eigenvalue weighted by atomic mass is 9.80. The molecule has 1 N–H and O–H groups in total. The normalized spacial score (nSPS) is 28.3. The summed E-state index contributed by atoms with van der Waals surface area (Å²) in [5, 5.41) is 22.2. The van der Waals surface area contributed by atoms with Gasteiger partial charge in [-0.25, -0.2) is 9.78 Å². The molecule has 5 rings (SSSR count). The van der Waals surface area contributed by atoms with Crippen molar-refractivity contribution >= 4 is 11.9 Å². The summed E-state index contributed by atoms with van der Waals surface area (Å²) in [4.78, 5) is 36.2. The molecule has 2 saturated heterocycles. The monoisotopic (exact) mass is 510 g/mol. The van der Waals surface area contributed by atoms with Crippen LogP contribution in [0.5, 0.6) is 0 Å².